The second-order valence-electron chi connectivity index (χ2n) is 5.49. The van der Waals surface area contributed by atoms with Crippen molar-refractivity contribution in [3.05, 3.63) is 29.6 Å². The molecule has 100 valence electrons. The molecule has 1 unspecified atom stereocenters. The highest BCUT2D eigenvalue weighted by Gasteiger charge is 2.45. The fourth-order valence-corrected chi connectivity index (χ4v) is 1.97. The van der Waals surface area contributed by atoms with Gasteiger partial charge in [0.2, 0.25) is 0 Å². The van der Waals surface area contributed by atoms with Crippen molar-refractivity contribution < 1.29 is 9.90 Å². The van der Waals surface area contributed by atoms with Gasteiger partial charge in [-0.1, -0.05) is 25.7 Å². The van der Waals surface area contributed by atoms with Gasteiger partial charge in [0.25, 0.3) is 5.91 Å². The molecule has 4 nitrogen and oxygen atoms in total. The van der Waals surface area contributed by atoms with Crippen LogP contribution in [0, 0.1) is 23.2 Å². The van der Waals surface area contributed by atoms with E-state index in [0.29, 0.717) is 29.1 Å². The number of aromatic nitrogens is 1. The molecule has 19 heavy (non-hydrogen) atoms. The maximum absolute atomic E-state index is 11.9. The first-order valence-electron chi connectivity index (χ1n) is 6.37. The third kappa shape index (κ3) is 3.55. The minimum Gasteiger partial charge on any atom is -0.384 e. The number of pyridine rings is 1. The number of aliphatic hydroxyl groups is 1. The Morgan fingerprint density at radius 2 is 2.32 bits per heavy atom. The molecule has 1 atom stereocenters. The molecule has 1 aromatic heterocycles. The van der Waals surface area contributed by atoms with Gasteiger partial charge in [0.1, 0.15) is 12.3 Å². The lowest BCUT2D eigenvalue weighted by Gasteiger charge is -2.06. The van der Waals surface area contributed by atoms with Crippen molar-refractivity contribution in [3.63, 3.8) is 0 Å². The predicted molar refractivity (Wildman–Crippen MR) is 72.4 cm³/mol. The van der Waals surface area contributed by atoms with E-state index in [0.717, 1.165) is 6.42 Å². The quantitative estimate of drug-likeness (QED) is 0.801. The van der Waals surface area contributed by atoms with Gasteiger partial charge in [-0.3, -0.25) is 4.79 Å². The van der Waals surface area contributed by atoms with Crippen LogP contribution in [0.2, 0.25) is 0 Å². The fourth-order valence-electron chi connectivity index (χ4n) is 1.97. The molecule has 1 aliphatic rings. The standard InChI is InChI=1S/C15H18N2O2/c1-15(2)8-12(15)10-17-14(19)13-6-5-11(9-16-13)4-3-7-18/h5-6,9,12,18H,7-8,10H2,1-2H3,(H,17,19). The molecule has 1 aromatic rings. The molecule has 0 aliphatic heterocycles. The van der Waals surface area contributed by atoms with Gasteiger partial charge in [0.15, 0.2) is 0 Å². The summed E-state index contributed by atoms with van der Waals surface area (Å²) < 4.78 is 0. The van der Waals surface area contributed by atoms with E-state index in [1.54, 1.807) is 18.3 Å². The zero-order chi connectivity index (χ0) is 13.9. The molecule has 2 N–H and O–H groups in total. The first kappa shape index (κ1) is 13.6. The number of hydrogen-bond acceptors (Lipinski definition) is 3. The van der Waals surface area contributed by atoms with E-state index >= 15 is 0 Å². The Kier molecular flexibility index (Phi) is 3.87. The van der Waals surface area contributed by atoms with Gasteiger partial charge in [-0.05, 0) is 29.9 Å². The second kappa shape index (κ2) is 5.41. The smallest absolute Gasteiger partial charge is 0.269 e. The minimum atomic E-state index is -0.181. The Labute approximate surface area is 113 Å². The number of nitrogens with zero attached hydrogens (tertiary/aromatic N) is 1. The van der Waals surface area contributed by atoms with Crippen LogP contribution in [0.4, 0.5) is 0 Å². The van der Waals surface area contributed by atoms with Crippen molar-refractivity contribution in [2.45, 2.75) is 20.3 Å². The molecule has 0 aromatic carbocycles. The van der Waals surface area contributed by atoms with E-state index in [4.69, 9.17) is 5.11 Å². The zero-order valence-electron chi connectivity index (χ0n) is 11.2. The average Bonchev–Trinajstić information content (AvgIpc) is 3.02. The summed E-state index contributed by atoms with van der Waals surface area (Å²) in [6.07, 6.45) is 2.70. The molecule has 1 aliphatic carbocycles. The lowest BCUT2D eigenvalue weighted by Crippen LogP contribution is -2.27. The lowest BCUT2D eigenvalue weighted by molar-refractivity contribution is 0.0945. The molecule has 1 saturated carbocycles. The number of aliphatic hydroxyl groups excluding tert-OH is 1. The Morgan fingerprint density at radius 3 is 2.84 bits per heavy atom. The Balaban J connectivity index is 1.89. The number of amides is 1. The summed E-state index contributed by atoms with van der Waals surface area (Å²) in [4.78, 5) is 15.9. The van der Waals surface area contributed by atoms with Gasteiger partial charge >= 0.3 is 0 Å². The number of carbonyl (C=O) groups is 1. The van der Waals surface area contributed by atoms with Crippen LogP contribution in [0.3, 0.4) is 0 Å². The van der Waals surface area contributed by atoms with Crippen LogP contribution in [0.15, 0.2) is 18.3 Å². The van der Waals surface area contributed by atoms with Crippen molar-refractivity contribution in [1.29, 1.82) is 0 Å². The van der Waals surface area contributed by atoms with Gasteiger partial charge in [0.05, 0.1) is 0 Å². The summed E-state index contributed by atoms with van der Waals surface area (Å²) in [5.74, 6) is 5.70. The topological polar surface area (TPSA) is 62.2 Å². The summed E-state index contributed by atoms with van der Waals surface area (Å²) in [6, 6.07) is 3.38. The summed E-state index contributed by atoms with van der Waals surface area (Å²) in [5, 5.41) is 11.5. The largest absolute Gasteiger partial charge is 0.384 e. The van der Waals surface area contributed by atoms with Gasteiger partial charge < -0.3 is 10.4 Å². The summed E-state index contributed by atoms with van der Waals surface area (Å²) >= 11 is 0. The lowest BCUT2D eigenvalue weighted by atomic mass is 10.1. The zero-order valence-corrected chi connectivity index (χ0v) is 11.2. The molecule has 2 rings (SSSR count). The molecular formula is C15H18N2O2. The van der Waals surface area contributed by atoms with Gasteiger partial charge in [-0.15, -0.1) is 0 Å². The van der Waals surface area contributed by atoms with Crippen LogP contribution in [-0.2, 0) is 0 Å². The number of nitrogens with one attached hydrogen (secondary N) is 1. The summed E-state index contributed by atoms with van der Waals surface area (Å²) in [5.41, 5.74) is 1.45. The third-order valence-electron chi connectivity index (χ3n) is 3.53. The van der Waals surface area contributed by atoms with E-state index in [1.807, 2.05) is 0 Å². The molecular weight excluding hydrogens is 240 g/mol. The van der Waals surface area contributed by atoms with Crippen LogP contribution < -0.4 is 5.32 Å². The van der Waals surface area contributed by atoms with Crippen LogP contribution in [0.5, 0.6) is 0 Å². The summed E-state index contributed by atoms with van der Waals surface area (Å²) in [6.45, 7) is 4.94. The molecule has 0 spiro atoms. The monoisotopic (exact) mass is 258 g/mol. The molecule has 1 heterocycles. The molecule has 0 bridgehead atoms. The van der Waals surface area contributed by atoms with Crippen molar-refractivity contribution in [2.75, 3.05) is 13.2 Å². The van der Waals surface area contributed by atoms with E-state index < -0.39 is 0 Å². The van der Waals surface area contributed by atoms with Gasteiger partial charge in [-0.25, -0.2) is 4.98 Å². The van der Waals surface area contributed by atoms with E-state index in [-0.39, 0.29) is 12.5 Å². The predicted octanol–water partition coefficient (Wildman–Crippen LogP) is 1.20. The second-order valence-corrected chi connectivity index (χ2v) is 5.49. The molecule has 4 heteroatoms. The first-order valence-corrected chi connectivity index (χ1v) is 6.37. The van der Waals surface area contributed by atoms with Gasteiger partial charge in [0, 0.05) is 18.3 Å². The highest BCUT2D eigenvalue weighted by atomic mass is 16.2. The number of carbonyl (C=O) groups excluding carboxylic acids is 1. The van der Waals surface area contributed by atoms with Crippen molar-refractivity contribution in [1.82, 2.24) is 10.3 Å². The highest BCUT2D eigenvalue weighted by Crippen LogP contribution is 2.50. The summed E-state index contributed by atoms with van der Waals surface area (Å²) in [7, 11) is 0. The average molecular weight is 258 g/mol. The number of rotatable bonds is 3. The maximum Gasteiger partial charge on any atom is 0.269 e. The highest BCUT2D eigenvalue weighted by molar-refractivity contribution is 5.92. The van der Waals surface area contributed by atoms with E-state index in [1.165, 1.54) is 0 Å². The SMILES string of the molecule is CC1(C)CC1CNC(=O)c1ccc(C#CCO)cn1. The Bertz CT molecular complexity index is 523. The van der Waals surface area contributed by atoms with E-state index in [2.05, 4.69) is 36.0 Å². The first-order chi connectivity index (χ1) is 9.03. The van der Waals surface area contributed by atoms with Crippen LogP contribution in [-0.4, -0.2) is 29.1 Å². The Hall–Kier alpha value is -1.86. The normalized spacial score (nSPS) is 19.2. The maximum atomic E-state index is 11.9. The van der Waals surface area contributed by atoms with Crippen LogP contribution in [0.1, 0.15) is 36.3 Å². The number of hydrogen-bond donors (Lipinski definition) is 2. The molecule has 0 saturated heterocycles. The Morgan fingerprint density at radius 1 is 1.58 bits per heavy atom. The van der Waals surface area contributed by atoms with Crippen molar-refractivity contribution >= 4 is 5.91 Å². The fraction of sp³-hybridized carbons (Fsp3) is 0.467. The van der Waals surface area contributed by atoms with Crippen molar-refractivity contribution in [3.8, 4) is 11.8 Å². The molecule has 1 amide bonds. The minimum absolute atomic E-state index is 0.149. The van der Waals surface area contributed by atoms with Crippen molar-refractivity contribution in [2.24, 2.45) is 11.3 Å². The van der Waals surface area contributed by atoms with E-state index in [9.17, 15) is 4.79 Å². The molecule has 0 radical (unpaired) electrons. The van der Waals surface area contributed by atoms with Crippen LogP contribution >= 0.6 is 0 Å². The van der Waals surface area contributed by atoms with Gasteiger partial charge in [-0.2, -0.15) is 0 Å². The third-order valence-corrected chi connectivity index (χ3v) is 3.53. The van der Waals surface area contributed by atoms with Crippen LogP contribution in [0.25, 0.3) is 0 Å². The molecule has 1 fully saturated rings.